The van der Waals surface area contributed by atoms with Gasteiger partial charge in [0, 0.05) is 31.7 Å². The van der Waals surface area contributed by atoms with Crippen LogP contribution < -0.4 is 9.80 Å². The van der Waals surface area contributed by atoms with E-state index in [1.807, 2.05) is 30.3 Å². The first-order valence-electron chi connectivity index (χ1n) is 8.74. The van der Waals surface area contributed by atoms with E-state index in [1.54, 1.807) is 0 Å². The van der Waals surface area contributed by atoms with Crippen LogP contribution in [0.15, 0.2) is 30.3 Å². The second kappa shape index (κ2) is 6.48. The van der Waals surface area contributed by atoms with E-state index in [-0.39, 0.29) is 0 Å². The Morgan fingerprint density at radius 3 is 2.08 bits per heavy atom. The van der Waals surface area contributed by atoms with E-state index in [0.29, 0.717) is 5.56 Å². The van der Waals surface area contributed by atoms with Crippen LogP contribution in [-0.2, 0) is 0 Å². The number of aromatic nitrogens is 2. The second-order valence-corrected chi connectivity index (χ2v) is 6.44. The van der Waals surface area contributed by atoms with E-state index >= 15 is 0 Å². The number of hydrogen-bond acceptors (Lipinski definition) is 5. The molecule has 0 amide bonds. The third-order valence-corrected chi connectivity index (χ3v) is 4.83. The van der Waals surface area contributed by atoms with E-state index < -0.39 is 0 Å². The highest BCUT2D eigenvalue weighted by molar-refractivity contribution is 5.75. The predicted molar refractivity (Wildman–Crippen MR) is 95.1 cm³/mol. The van der Waals surface area contributed by atoms with Gasteiger partial charge < -0.3 is 9.80 Å². The lowest BCUT2D eigenvalue weighted by molar-refractivity contribution is 0.870. The maximum atomic E-state index is 9.81. The summed E-state index contributed by atoms with van der Waals surface area (Å²) in [5, 5.41) is 9.81. The fraction of sp³-hybridized carbons (Fsp3) is 0.421. The van der Waals surface area contributed by atoms with Crippen molar-refractivity contribution in [2.45, 2.75) is 25.7 Å². The highest BCUT2D eigenvalue weighted by Gasteiger charge is 2.25. The molecule has 122 valence electrons. The molecule has 2 saturated heterocycles. The lowest BCUT2D eigenvalue weighted by Crippen LogP contribution is -2.25. The monoisotopic (exact) mass is 319 g/mol. The summed E-state index contributed by atoms with van der Waals surface area (Å²) < 4.78 is 0. The fourth-order valence-corrected chi connectivity index (χ4v) is 3.56. The second-order valence-electron chi connectivity index (χ2n) is 6.44. The Hall–Kier alpha value is -2.61. The van der Waals surface area contributed by atoms with Gasteiger partial charge in [-0.1, -0.05) is 30.3 Å². The number of nitrogens with zero attached hydrogens (tertiary/aromatic N) is 5. The molecule has 5 heteroatoms. The Labute approximate surface area is 142 Å². The Morgan fingerprint density at radius 1 is 0.833 bits per heavy atom. The smallest absolute Gasteiger partial charge is 0.227 e. The molecule has 2 aliphatic rings. The van der Waals surface area contributed by atoms with Crippen LogP contribution in [-0.4, -0.2) is 36.1 Å². The van der Waals surface area contributed by atoms with Crippen LogP contribution in [0.25, 0.3) is 11.3 Å². The highest BCUT2D eigenvalue weighted by atomic mass is 15.3. The lowest BCUT2D eigenvalue weighted by atomic mass is 10.1. The Balaban J connectivity index is 1.88. The van der Waals surface area contributed by atoms with Crippen molar-refractivity contribution >= 4 is 11.8 Å². The SMILES string of the molecule is N#Cc1c(-c2ccccc2)nc(N2CCCC2)nc1N1CCCC1. The van der Waals surface area contributed by atoms with Crippen LogP contribution >= 0.6 is 0 Å². The molecule has 1 aromatic heterocycles. The summed E-state index contributed by atoms with van der Waals surface area (Å²) in [6, 6.07) is 12.4. The van der Waals surface area contributed by atoms with Crippen molar-refractivity contribution in [3.8, 4) is 17.3 Å². The van der Waals surface area contributed by atoms with Gasteiger partial charge in [0.25, 0.3) is 0 Å². The first-order chi connectivity index (χ1) is 11.9. The molecule has 0 bridgehead atoms. The topological polar surface area (TPSA) is 56.1 Å². The first kappa shape index (κ1) is 14.9. The number of benzene rings is 1. The maximum absolute atomic E-state index is 9.81. The van der Waals surface area contributed by atoms with E-state index in [9.17, 15) is 5.26 Å². The maximum Gasteiger partial charge on any atom is 0.227 e. The standard InChI is InChI=1S/C19H21N5/c20-14-16-17(15-8-2-1-3-9-15)21-19(24-12-6-7-13-24)22-18(16)23-10-4-5-11-23/h1-3,8-9H,4-7,10-13H2. The molecule has 0 spiro atoms. The van der Waals surface area contributed by atoms with Gasteiger partial charge in [-0.05, 0) is 25.7 Å². The summed E-state index contributed by atoms with van der Waals surface area (Å²) in [7, 11) is 0. The van der Waals surface area contributed by atoms with Crippen molar-refractivity contribution in [1.29, 1.82) is 5.26 Å². The molecule has 4 rings (SSSR count). The molecule has 2 fully saturated rings. The Morgan fingerprint density at radius 2 is 1.46 bits per heavy atom. The van der Waals surface area contributed by atoms with E-state index in [1.165, 1.54) is 12.8 Å². The molecule has 0 atom stereocenters. The number of rotatable bonds is 3. The molecule has 3 heterocycles. The lowest BCUT2D eigenvalue weighted by Gasteiger charge is -2.23. The average molecular weight is 319 g/mol. The highest BCUT2D eigenvalue weighted by Crippen LogP contribution is 2.32. The van der Waals surface area contributed by atoms with Gasteiger partial charge in [-0.3, -0.25) is 0 Å². The molecule has 0 radical (unpaired) electrons. The van der Waals surface area contributed by atoms with Gasteiger partial charge in [0.05, 0.1) is 5.69 Å². The average Bonchev–Trinajstić information content (AvgIpc) is 3.35. The minimum Gasteiger partial charge on any atom is -0.355 e. The summed E-state index contributed by atoms with van der Waals surface area (Å²) >= 11 is 0. The van der Waals surface area contributed by atoms with Crippen molar-refractivity contribution in [3.63, 3.8) is 0 Å². The minimum absolute atomic E-state index is 0.603. The summed E-state index contributed by atoms with van der Waals surface area (Å²) in [5.74, 6) is 1.58. The number of nitriles is 1. The Kier molecular flexibility index (Phi) is 4.04. The molecule has 5 nitrogen and oxygen atoms in total. The predicted octanol–water partition coefficient (Wildman–Crippen LogP) is 3.22. The molecule has 2 aliphatic heterocycles. The molecule has 2 aromatic rings. The molecule has 0 unspecified atom stereocenters. The zero-order valence-electron chi connectivity index (χ0n) is 13.8. The first-order valence-corrected chi connectivity index (χ1v) is 8.74. The van der Waals surface area contributed by atoms with Crippen molar-refractivity contribution < 1.29 is 0 Å². The van der Waals surface area contributed by atoms with Gasteiger partial charge >= 0.3 is 0 Å². The van der Waals surface area contributed by atoms with Crippen LogP contribution in [0.2, 0.25) is 0 Å². The van der Waals surface area contributed by atoms with E-state index in [4.69, 9.17) is 9.97 Å². The van der Waals surface area contributed by atoms with E-state index in [0.717, 1.165) is 62.0 Å². The van der Waals surface area contributed by atoms with Crippen molar-refractivity contribution in [1.82, 2.24) is 9.97 Å². The van der Waals surface area contributed by atoms with Gasteiger partial charge in [-0.25, -0.2) is 4.98 Å². The van der Waals surface area contributed by atoms with E-state index in [2.05, 4.69) is 15.9 Å². The largest absolute Gasteiger partial charge is 0.355 e. The molecule has 24 heavy (non-hydrogen) atoms. The third-order valence-electron chi connectivity index (χ3n) is 4.83. The van der Waals surface area contributed by atoms with Gasteiger partial charge in [0.2, 0.25) is 5.95 Å². The zero-order valence-corrected chi connectivity index (χ0v) is 13.8. The summed E-state index contributed by atoms with van der Waals surface area (Å²) in [4.78, 5) is 14.1. The molecule has 1 aromatic carbocycles. The van der Waals surface area contributed by atoms with Crippen LogP contribution in [0.4, 0.5) is 11.8 Å². The normalized spacial score (nSPS) is 17.3. The van der Waals surface area contributed by atoms with Gasteiger partial charge in [-0.15, -0.1) is 0 Å². The van der Waals surface area contributed by atoms with Crippen LogP contribution in [0.3, 0.4) is 0 Å². The molecular weight excluding hydrogens is 298 g/mol. The van der Waals surface area contributed by atoms with Crippen LogP contribution in [0.5, 0.6) is 0 Å². The van der Waals surface area contributed by atoms with Gasteiger partial charge in [0.1, 0.15) is 11.6 Å². The van der Waals surface area contributed by atoms with Crippen molar-refractivity contribution in [2.24, 2.45) is 0 Å². The molecule has 0 saturated carbocycles. The molecular formula is C19H21N5. The zero-order chi connectivity index (χ0) is 16.4. The summed E-state index contributed by atoms with van der Waals surface area (Å²) in [5.41, 5.74) is 2.35. The number of anilines is 2. The number of hydrogen-bond donors (Lipinski definition) is 0. The quantitative estimate of drug-likeness (QED) is 0.869. The molecule has 0 aliphatic carbocycles. The third kappa shape index (κ3) is 2.69. The summed E-state index contributed by atoms with van der Waals surface area (Å²) in [6.45, 7) is 3.94. The van der Waals surface area contributed by atoms with Gasteiger partial charge in [-0.2, -0.15) is 10.2 Å². The van der Waals surface area contributed by atoms with Crippen LogP contribution in [0, 0.1) is 11.3 Å². The Bertz CT molecular complexity index is 753. The molecule has 0 N–H and O–H groups in total. The van der Waals surface area contributed by atoms with Gasteiger partial charge in [0.15, 0.2) is 5.82 Å². The van der Waals surface area contributed by atoms with Crippen molar-refractivity contribution in [3.05, 3.63) is 35.9 Å². The van der Waals surface area contributed by atoms with Crippen LogP contribution in [0.1, 0.15) is 31.2 Å². The fourth-order valence-electron chi connectivity index (χ4n) is 3.56. The van der Waals surface area contributed by atoms with Crippen molar-refractivity contribution in [2.75, 3.05) is 36.0 Å². The summed E-state index contributed by atoms with van der Waals surface area (Å²) in [6.07, 6.45) is 4.69. The minimum atomic E-state index is 0.603.